The third-order valence-electron chi connectivity index (χ3n) is 3.17. The summed E-state index contributed by atoms with van der Waals surface area (Å²) < 4.78 is 5.92. The van der Waals surface area contributed by atoms with E-state index >= 15 is 0 Å². The van der Waals surface area contributed by atoms with Crippen molar-refractivity contribution in [2.75, 3.05) is 6.54 Å². The van der Waals surface area contributed by atoms with Crippen molar-refractivity contribution >= 4 is 23.5 Å². The number of nitrogens with zero attached hydrogens (tertiary/aromatic N) is 1. The second-order valence-electron chi connectivity index (χ2n) is 5.18. The fraction of sp³-hybridized carbons (Fsp3) is 0.158. The molecule has 4 nitrogen and oxygen atoms in total. The number of aryl methyl sites for hydroxylation is 1. The summed E-state index contributed by atoms with van der Waals surface area (Å²) >= 11 is 5.08. The first-order chi connectivity index (χ1) is 11.7. The number of benzene rings is 2. The number of ether oxygens (including phenoxy) is 1. The molecular formula is C19H21N3OS. The van der Waals surface area contributed by atoms with Crippen LogP contribution in [0.1, 0.15) is 16.7 Å². The van der Waals surface area contributed by atoms with Crippen molar-refractivity contribution in [3.63, 3.8) is 0 Å². The van der Waals surface area contributed by atoms with E-state index in [2.05, 4.69) is 47.5 Å². The molecule has 0 aliphatic heterocycles. The Kier molecular flexibility index (Phi) is 6.98. The lowest BCUT2D eigenvalue weighted by molar-refractivity contribution is 0.305. The molecule has 0 aliphatic carbocycles. The molecule has 0 bridgehead atoms. The van der Waals surface area contributed by atoms with E-state index in [1.165, 1.54) is 5.56 Å². The summed E-state index contributed by atoms with van der Waals surface area (Å²) in [6.07, 6.45) is 3.42. The third-order valence-corrected chi connectivity index (χ3v) is 3.41. The van der Waals surface area contributed by atoms with E-state index in [9.17, 15) is 0 Å². The van der Waals surface area contributed by atoms with Crippen LogP contribution in [0, 0.1) is 6.92 Å². The van der Waals surface area contributed by atoms with Crippen LogP contribution < -0.4 is 15.5 Å². The summed E-state index contributed by atoms with van der Waals surface area (Å²) in [5.74, 6) is 0.773. The molecule has 0 spiro atoms. The second kappa shape index (κ2) is 9.47. The topological polar surface area (TPSA) is 45.7 Å². The number of rotatable bonds is 7. The van der Waals surface area contributed by atoms with E-state index in [-0.39, 0.29) is 0 Å². The molecule has 0 aliphatic rings. The molecule has 0 unspecified atom stereocenters. The number of hydrogen-bond acceptors (Lipinski definition) is 3. The predicted octanol–water partition coefficient (Wildman–Crippen LogP) is 3.56. The summed E-state index contributed by atoms with van der Waals surface area (Å²) in [7, 11) is 0. The molecular weight excluding hydrogens is 318 g/mol. The van der Waals surface area contributed by atoms with E-state index in [0.717, 1.165) is 16.9 Å². The van der Waals surface area contributed by atoms with Crippen LogP contribution in [0.4, 0.5) is 0 Å². The first kappa shape index (κ1) is 17.7. The summed E-state index contributed by atoms with van der Waals surface area (Å²) in [4.78, 5) is 0. The van der Waals surface area contributed by atoms with Gasteiger partial charge in [-0.05, 0) is 36.8 Å². The Labute approximate surface area is 148 Å². The normalized spacial score (nSPS) is 10.4. The zero-order chi connectivity index (χ0) is 17.2. The zero-order valence-electron chi connectivity index (χ0n) is 13.7. The second-order valence-corrected chi connectivity index (χ2v) is 5.59. The van der Waals surface area contributed by atoms with Gasteiger partial charge in [-0.2, -0.15) is 5.10 Å². The van der Waals surface area contributed by atoms with Crippen molar-refractivity contribution in [3.05, 3.63) is 77.9 Å². The molecule has 0 saturated heterocycles. The average molecular weight is 339 g/mol. The monoisotopic (exact) mass is 339 g/mol. The van der Waals surface area contributed by atoms with Gasteiger partial charge in [-0.15, -0.1) is 6.58 Å². The molecule has 2 N–H and O–H groups in total. The summed E-state index contributed by atoms with van der Waals surface area (Å²) in [6.45, 7) is 6.79. The van der Waals surface area contributed by atoms with Gasteiger partial charge in [0.05, 0.1) is 6.21 Å². The average Bonchev–Trinajstić information content (AvgIpc) is 2.59. The van der Waals surface area contributed by atoms with Crippen LogP contribution in [0.25, 0.3) is 0 Å². The molecule has 0 fully saturated rings. The molecule has 0 saturated carbocycles. The van der Waals surface area contributed by atoms with Gasteiger partial charge in [-0.25, -0.2) is 0 Å². The lowest BCUT2D eigenvalue weighted by Crippen LogP contribution is -2.31. The van der Waals surface area contributed by atoms with Crippen LogP contribution in [0.3, 0.4) is 0 Å². The SMILES string of the molecule is C=CCNC(=S)N/N=C/c1ccccc1OCc1cccc(C)c1. The van der Waals surface area contributed by atoms with Gasteiger partial charge in [0.25, 0.3) is 0 Å². The predicted molar refractivity (Wildman–Crippen MR) is 103 cm³/mol. The molecule has 24 heavy (non-hydrogen) atoms. The lowest BCUT2D eigenvalue weighted by Gasteiger charge is -2.09. The first-order valence-corrected chi connectivity index (χ1v) is 8.05. The highest BCUT2D eigenvalue weighted by Crippen LogP contribution is 2.17. The van der Waals surface area contributed by atoms with Gasteiger partial charge in [-0.1, -0.05) is 48.0 Å². The van der Waals surface area contributed by atoms with Crippen molar-refractivity contribution < 1.29 is 4.74 Å². The Morgan fingerprint density at radius 2 is 2.08 bits per heavy atom. The number of thiocarbonyl (C=S) groups is 1. The van der Waals surface area contributed by atoms with E-state index in [1.807, 2.05) is 30.3 Å². The Bertz CT molecular complexity index is 728. The zero-order valence-corrected chi connectivity index (χ0v) is 14.5. The van der Waals surface area contributed by atoms with Crippen molar-refractivity contribution in [2.45, 2.75) is 13.5 Å². The number of nitrogens with one attached hydrogen (secondary N) is 2. The standard InChI is InChI=1S/C19H21N3OS/c1-3-11-20-19(24)22-21-13-17-9-4-5-10-18(17)23-14-16-8-6-7-15(2)12-16/h3-10,12-13H,1,11,14H2,2H3,(H2,20,22,24)/b21-13+. The van der Waals surface area contributed by atoms with Gasteiger partial charge in [0.1, 0.15) is 12.4 Å². The van der Waals surface area contributed by atoms with Crippen molar-refractivity contribution in [3.8, 4) is 5.75 Å². The summed E-state index contributed by atoms with van der Waals surface area (Å²) in [6, 6.07) is 16.0. The molecule has 2 rings (SSSR count). The van der Waals surface area contributed by atoms with E-state index < -0.39 is 0 Å². The molecule has 0 heterocycles. The van der Waals surface area contributed by atoms with Crippen molar-refractivity contribution in [1.29, 1.82) is 0 Å². The van der Waals surface area contributed by atoms with Crippen LogP contribution in [0.2, 0.25) is 0 Å². The minimum absolute atomic E-state index is 0.448. The lowest BCUT2D eigenvalue weighted by atomic mass is 10.1. The number of para-hydroxylation sites is 1. The molecule has 2 aromatic rings. The fourth-order valence-electron chi connectivity index (χ4n) is 2.05. The van der Waals surface area contributed by atoms with Crippen LogP contribution >= 0.6 is 12.2 Å². The van der Waals surface area contributed by atoms with Crippen LogP contribution in [0.5, 0.6) is 5.75 Å². The Morgan fingerprint density at radius 1 is 1.25 bits per heavy atom. The summed E-state index contributed by atoms with van der Waals surface area (Å²) in [5, 5.41) is 7.52. The van der Waals surface area contributed by atoms with E-state index in [0.29, 0.717) is 18.3 Å². The highest BCUT2D eigenvalue weighted by molar-refractivity contribution is 7.80. The quantitative estimate of drug-likeness (QED) is 0.350. The highest BCUT2D eigenvalue weighted by Gasteiger charge is 2.02. The Balaban J connectivity index is 1.96. The van der Waals surface area contributed by atoms with Crippen molar-refractivity contribution in [1.82, 2.24) is 10.7 Å². The minimum atomic E-state index is 0.448. The minimum Gasteiger partial charge on any atom is -0.488 e. The van der Waals surface area contributed by atoms with Gasteiger partial charge in [0.2, 0.25) is 0 Å². The molecule has 2 aromatic carbocycles. The molecule has 0 aromatic heterocycles. The van der Waals surface area contributed by atoms with Crippen LogP contribution in [-0.2, 0) is 6.61 Å². The molecule has 0 atom stereocenters. The largest absolute Gasteiger partial charge is 0.488 e. The number of hydrogen-bond donors (Lipinski definition) is 2. The first-order valence-electron chi connectivity index (χ1n) is 7.64. The highest BCUT2D eigenvalue weighted by atomic mass is 32.1. The van der Waals surface area contributed by atoms with Gasteiger partial charge < -0.3 is 10.1 Å². The summed E-state index contributed by atoms with van der Waals surface area (Å²) in [5.41, 5.74) is 5.99. The van der Waals surface area contributed by atoms with E-state index in [4.69, 9.17) is 17.0 Å². The molecule has 5 heteroatoms. The third kappa shape index (κ3) is 5.85. The Hall–Kier alpha value is -2.66. The van der Waals surface area contributed by atoms with Crippen molar-refractivity contribution in [2.24, 2.45) is 5.10 Å². The van der Waals surface area contributed by atoms with Crippen LogP contribution in [-0.4, -0.2) is 17.9 Å². The van der Waals surface area contributed by atoms with Crippen LogP contribution in [0.15, 0.2) is 66.3 Å². The molecule has 0 amide bonds. The van der Waals surface area contributed by atoms with E-state index in [1.54, 1.807) is 12.3 Å². The maximum Gasteiger partial charge on any atom is 0.187 e. The number of hydrazone groups is 1. The maximum absolute atomic E-state index is 5.92. The van der Waals surface area contributed by atoms with Gasteiger partial charge in [0, 0.05) is 12.1 Å². The molecule has 0 radical (unpaired) electrons. The van der Waals surface area contributed by atoms with Gasteiger partial charge in [0.15, 0.2) is 5.11 Å². The smallest absolute Gasteiger partial charge is 0.187 e. The van der Waals surface area contributed by atoms with Gasteiger partial charge >= 0.3 is 0 Å². The fourth-order valence-corrected chi connectivity index (χ4v) is 2.18. The Morgan fingerprint density at radius 3 is 2.88 bits per heavy atom. The molecule has 124 valence electrons. The maximum atomic E-state index is 5.92. The van der Waals surface area contributed by atoms with Gasteiger partial charge in [-0.3, -0.25) is 5.43 Å².